The molecule has 1 N–H and O–H groups in total. The van der Waals surface area contributed by atoms with Crippen molar-refractivity contribution in [1.29, 1.82) is 5.26 Å². The van der Waals surface area contributed by atoms with Crippen molar-refractivity contribution in [3.8, 4) is 5.40 Å². The first kappa shape index (κ1) is 19.5. The number of anilines is 1. The van der Waals surface area contributed by atoms with Crippen molar-refractivity contribution in [3.05, 3.63) is 59.4 Å². The molecule has 0 bridgehead atoms. The lowest BCUT2D eigenvalue weighted by atomic mass is 10.1. The van der Waals surface area contributed by atoms with Gasteiger partial charge in [0.1, 0.15) is 11.0 Å². The van der Waals surface area contributed by atoms with Crippen LogP contribution in [0.2, 0.25) is 0 Å². The first-order valence-electron chi connectivity index (χ1n) is 8.55. The smallest absolute Gasteiger partial charge is 0.310 e. The van der Waals surface area contributed by atoms with E-state index in [4.69, 9.17) is 14.4 Å². The highest BCUT2D eigenvalue weighted by molar-refractivity contribution is 8.03. The summed E-state index contributed by atoms with van der Waals surface area (Å²) in [5, 5.41) is 14.3. The summed E-state index contributed by atoms with van der Waals surface area (Å²) in [6, 6.07) is 11.0. The number of aryl methyl sites for hydroxylation is 2. The summed E-state index contributed by atoms with van der Waals surface area (Å²) < 4.78 is 10.6. The van der Waals surface area contributed by atoms with Gasteiger partial charge in [-0.05, 0) is 61.0 Å². The monoisotopic (exact) mass is 394 g/mol. The second kappa shape index (κ2) is 8.63. The van der Waals surface area contributed by atoms with E-state index in [1.807, 2.05) is 37.4 Å². The quantitative estimate of drug-likeness (QED) is 0.380. The van der Waals surface area contributed by atoms with Crippen LogP contribution < -0.4 is 5.32 Å². The van der Waals surface area contributed by atoms with E-state index in [1.54, 1.807) is 18.2 Å². The first-order chi connectivity index (χ1) is 13.5. The normalized spacial score (nSPS) is 10.5. The molecule has 1 amide bonds. The van der Waals surface area contributed by atoms with Crippen LogP contribution in [0.4, 0.5) is 5.69 Å². The summed E-state index contributed by atoms with van der Waals surface area (Å²) >= 11 is 1.05. The zero-order valence-electron chi connectivity index (χ0n) is 15.4. The van der Waals surface area contributed by atoms with Crippen molar-refractivity contribution < 1.29 is 18.7 Å². The van der Waals surface area contributed by atoms with Crippen LogP contribution in [-0.2, 0) is 20.7 Å². The lowest BCUT2D eigenvalue weighted by Gasteiger charge is -2.09. The molecule has 28 heavy (non-hydrogen) atoms. The van der Waals surface area contributed by atoms with Crippen LogP contribution in [0.5, 0.6) is 0 Å². The number of nitriles is 1. The second-order valence-electron chi connectivity index (χ2n) is 6.32. The van der Waals surface area contributed by atoms with Crippen LogP contribution >= 0.6 is 11.8 Å². The number of thioether (sulfide) groups is 1. The molecule has 0 saturated heterocycles. The maximum absolute atomic E-state index is 12.1. The van der Waals surface area contributed by atoms with Gasteiger partial charge in [0.25, 0.3) is 5.91 Å². The standard InChI is InChI=1S/C21H18N2O4S/c1-13-3-5-17-15(10-26-19(17)7-13)9-21(25)27-11-20(24)23-18-6-4-16(28-12-22)8-14(18)2/h3-8,10H,9,11H2,1-2H3,(H,23,24). The Bertz CT molecular complexity index is 1080. The molecule has 1 aromatic heterocycles. The average Bonchev–Trinajstić information content (AvgIpc) is 3.04. The van der Waals surface area contributed by atoms with Crippen molar-refractivity contribution >= 4 is 40.3 Å². The van der Waals surface area contributed by atoms with Crippen LogP contribution in [0.25, 0.3) is 11.0 Å². The van der Waals surface area contributed by atoms with Crippen molar-refractivity contribution in [2.24, 2.45) is 0 Å². The average molecular weight is 394 g/mol. The minimum absolute atomic E-state index is 0.0302. The van der Waals surface area contributed by atoms with Crippen molar-refractivity contribution in [1.82, 2.24) is 0 Å². The lowest BCUT2D eigenvalue weighted by molar-refractivity contribution is -0.146. The maximum Gasteiger partial charge on any atom is 0.310 e. The zero-order chi connectivity index (χ0) is 20.1. The Hall–Kier alpha value is -3.24. The van der Waals surface area contributed by atoms with Gasteiger partial charge in [-0.25, -0.2) is 0 Å². The molecule has 7 heteroatoms. The Morgan fingerprint density at radius 3 is 2.79 bits per heavy atom. The Morgan fingerprint density at radius 1 is 1.21 bits per heavy atom. The predicted molar refractivity (Wildman–Crippen MR) is 107 cm³/mol. The largest absolute Gasteiger partial charge is 0.464 e. The molecule has 0 atom stereocenters. The Balaban J connectivity index is 1.54. The number of benzene rings is 2. The van der Waals surface area contributed by atoms with Gasteiger partial charge in [0.2, 0.25) is 0 Å². The molecule has 0 aliphatic rings. The number of nitrogens with zero attached hydrogens (tertiary/aromatic N) is 1. The van der Waals surface area contributed by atoms with E-state index in [1.165, 1.54) is 6.26 Å². The van der Waals surface area contributed by atoms with Gasteiger partial charge in [-0.15, -0.1) is 0 Å². The van der Waals surface area contributed by atoms with Gasteiger partial charge in [0, 0.05) is 21.5 Å². The highest BCUT2D eigenvalue weighted by Gasteiger charge is 2.14. The molecular weight excluding hydrogens is 376 g/mol. The van der Waals surface area contributed by atoms with E-state index >= 15 is 0 Å². The van der Waals surface area contributed by atoms with Gasteiger partial charge in [0.15, 0.2) is 6.61 Å². The number of ether oxygens (including phenoxy) is 1. The third-order valence-electron chi connectivity index (χ3n) is 4.15. The molecule has 6 nitrogen and oxygen atoms in total. The molecule has 0 aliphatic carbocycles. The van der Waals surface area contributed by atoms with Gasteiger partial charge in [-0.2, -0.15) is 5.26 Å². The maximum atomic E-state index is 12.1. The predicted octanol–water partition coefficient (Wildman–Crippen LogP) is 4.35. The molecule has 0 radical (unpaired) electrons. The number of rotatable bonds is 6. The van der Waals surface area contributed by atoms with Gasteiger partial charge < -0.3 is 14.5 Å². The van der Waals surface area contributed by atoms with E-state index in [9.17, 15) is 9.59 Å². The van der Waals surface area contributed by atoms with E-state index in [0.717, 1.165) is 38.7 Å². The van der Waals surface area contributed by atoms with Gasteiger partial charge >= 0.3 is 5.97 Å². The third kappa shape index (κ3) is 4.72. The number of fused-ring (bicyclic) bond motifs is 1. The minimum Gasteiger partial charge on any atom is -0.464 e. The first-order valence-corrected chi connectivity index (χ1v) is 9.36. The molecule has 3 rings (SSSR count). The Morgan fingerprint density at radius 2 is 2.04 bits per heavy atom. The third-order valence-corrected chi connectivity index (χ3v) is 4.73. The topological polar surface area (TPSA) is 92.3 Å². The number of hydrogen-bond donors (Lipinski definition) is 1. The fraction of sp³-hybridized carbons (Fsp3) is 0.190. The number of furan rings is 1. The highest BCUT2D eigenvalue weighted by Crippen LogP contribution is 2.24. The van der Waals surface area contributed by atoms with Gasteiger partial charge in [-0.1, -0.05) is 12.1 Å². The van der Waals surface area contributed by atoms with Crippen LogP contribution in [0, 0.1) is 24.5 Å². The molecule has 0 saturated carbocycles. The number of amides is 1. The number of hydrogen-bond acceptors (Lipinski definition) is 6. The molecule has 2 aromatic carbocycles. The fourth-order valence-electron chi connectivity index (χ4n) is 2.76. The molecular formula is C21H18N2O4S. The van der Waals surface area contributed by atoms with Crippen molar-refractivity contribution in [2.45, 2.75) is 25.2 Å². The van der Waals surface area contributed by atoms with E-state index in [0.29, 0.717) is 11.3 Å². The molecule has 0 aliphatic heterocycles. The molecule has 0 fully saturated rings. The van der Waals surface area contributed by atoms with Crippen molar-refractivity contribution in [2.75, 3.05) is 11.9 Å². The summed E-state index contributed by atoms with van der Waals surface area (Å²) in [5.74, 6) is -0.930. The zero-order valence-corrected chi connectivity index (χ0v) is 16.3. The molecule has 0 unspecified atom stereocenters. The SMILES string of the molecule is Cc1ccc2c(CC(=O)OCC(=O)Nc3ccc(SC#N)cc3C)coc2c1. The second-order valence-corrected chi connectivity index (χ2v) is 7.17. The highest BCUT2D eigenvalue weighted by atomic mass is 32.2. The molecule has 3 aromatic rings. The summed E-state index contributed by atoms with van der Waals surface area (Å²) in [6.45, 7) is 3.42. The van der Waals surface area contributed by atoms with Crippen LogP contribution in [0.15, 0.2) is 52.0 Å². The Labute approximate surface area is 166 Å². The molecule has 142 valence electrons. The van der Waals surface area contributed by atoms with Crippen molar-refractivity contribution in [3.63, 3.8) is 0 Å². The number of thiocyanates is 1. The summed E-state index contributed by atoms with van der Waals surface area (Å²) in [6.07, 6.45) is 1.57. The molecule has 0 spiro atoms. The number of esters is 1. The summed E-state index contributed by atoms with van der Waals surface area (Å²) in [4.78, 5) is 24.9. The van der Waals surface area contributed by atoms with E-state index < -0.39 is 11.9 Å². The van der Waals surface area contributed by atoms with E-state index in [2.05, 4.69) is 5.32 Å². The molecule has 1 heterocycles. The fourth-order valence-corrected chi connectivity index (χ4v) is 3.24. The van der Waals surface area contributed by atoms with Gasteiger partial charge in [-0.3, -0.25) is 9.59 Å². The van der Waals surface area contributed by atoms with E-state index in [-0.39, 0.29) is 13.0 Å². The lowest BCUT2D eigenvalue weighted by Crippen LogP contribution is -2.22. The minimum atomic E-state index is -0.504. The van der Waals surface area contributed by atoms with Gasteiger partial charge in [0.05, 0.1) is 12.7 Å². The Kier molecular flexibility index (Phi) is 6.02. The van der Waals surface area contributed by atoms with Crippen LogP contribution in [-0.4, -0.2) is 18.5 Å². The number of carbonyl (C=O) groups excluding carboxylic acids is 2. The van der Waals surface area contributed by atoms with Crippen LogP contribution in [0.1, 0.15) is 16.7 Å². The summed E-state index contributed by atoms with van der Waals surface area (Å²) in [5.41, 5.74) is 3.94. The number of carbonyl (C=O) groups is 2. The van der Waals surface area contributed by atoms with Crippen LogP contribution in [0.3, 0.4) is 0 Å². The number of nitrogens with one attached hydrogen (secondary N) is 1. The summed E-state index contributed by atoms with van der Waals surface area (Å²) in [7, 11) is 0.